The molecule has 0 amide bonds. The third-order valence-electron chi connectivity index (χ3n) is 2.95. The van der Waals surface area contributed by atoms with Crippen molar-refractivity contribution in [3.8, 4) is 0 Å². The summed E-state index contributed by atoms with van der Waals surface area (Å²) in [5, 5.41) is 13.3. The molecule has 0 aromatic carbocycles. The van der Waals surface area contributed by atoms with Crippen LogP contribution in [0.1, 0.15) is 46.1 Å². The number of hydrogen-bond donors (Lipinski definition) is 2. The number of nitrogens with one attached hydrogen (secondary N) is 1. The minimum Gasteiger partial charge on any atom is -0.389 e. The predicted octanol–water partition coefficient (Wildman–Crippen LogP) is 2.46. The van der Waals surface area contributed by atoms with Crippen LogP contribution in [-0.2, 0) is 6.42 Å². The maximum Gasteiger partial charge on any atom is 0.137 e. The first kappa shape index (κ1) is 16.7. The topological polar surface area (TPSA) is 61.3 Å². The number of likely N-dealkylation sites (N-methyl/N-ethyl adjacent to an activating group) is 1. The molecule has 0 bridgehead atoms. The highest BCUT2D eigenvalue weighted by molar-refractivity contribution is 5.58. The fraction of sp³-hybridized carbons (Fsp3) is 0.733. The summed E-state index contributed by atoms with van der Waals surface area (Å²) in [4.78, 5) is 10.8. The Bertz CT molecular complexity index is 415. The van der Waals surface area contributed by atoms with Crippen LogP contribution in [0, 0.1) is 0 Å². The minimum atomic E-state index is -0.750. The van der Waals surface area contributed by atoms with E-state index >= 15 is 0 Å². The fourth-order valence-corrected chi connectivity index (χ4v) is 2.26. The van der Waals surface area contributed by atoms with Gasteiger partial charge in [0.15, 0.2) is 0 Å². The van der Waals surface area contributed by atoms with Gasteiger partial charge in [-0.2, -0.15) is 0 Å². The molecule has 1 rings (SSSR count). The first-order valence-electron chi connectivity index (χ1n) is 7.40. The van der Waals surface area contributed by atoms with E-state index in [-0.39, 0.29) is 0 Å². The van der Waals surface area contributed by atoms with Crippen molar-refractivity contribution in [2.45, 2.75) is 52.6 Å². The lowest BCUT2D eigenvalue weighted by Gasteiger charge is -2.28. The lowest BCUT2D eigenvalue weighted by atomic mass is 10.1. The van der Waals surface area contributed by atoms with Gasteiger partial charge in [0.2, 0.25) is 0 Å². The van der Waals surface area contributed by atoms with Crippen molar-refractivity contribution < 1.29 is 5.11 Å². The number of aliphatic hydroxyl groups is 1. The summed E-state index contributed by atoms with van der Waals surface area (Å²) in [6, 6.07) is 0. The van der Waals surface area contributed by atoms with Gasteiger partial charge < -0.3 is 15.3 Å². The van der Waals surface area contributed by atoms with Crippen LogP contribution >= 0.6 is 0 Å². The number of rotatable bonds is 8. The Hall–Kier alpha value is -1.36. The predicted molar refractivity (Wildman–Crippen MR) is 84.4 cm³/mol. The zero-order chi connectivity index (χ0) is 15.2. The smallest absolute Gasteiger partial charge is 0.137 e. The lowest BCUT2D eigenvalue weighted by Crippen LogP contribution is -2.37. The Morgan fingerprint density at radius 2 is 1.95 bits per heavy atom. The van der Waals surface area contributed by atoms with Gasteiger partial charge >= 0.3 is 0 Å². The van der Waals surface area contributed by atoms with E-state index in [9.17, 15) is 5.11 Å². The van der Waals surface area contributed by atoms with E-state index in [1.807, 2.05) is 11.9 Å². The highest BCUT2D eigenvalue weighted by atomic mass is 16.3. The van der Waals surface area contributed by atoms with Crippen molar-refractivity contribution in [1.82, 2.24) is 9.97 Å². The molecule has 1 aromatic heterocycles. The second kappa shape index (κ2) is 7.43. The maximum atomic E-state index is 9.98. The van der Waals surface area contributed by atoms with Gasteiger partial charge in [-0.25, -0.2) is 9.97 Å². The van der Waals surface area contributed by atoms with Crippen molar-refractivity contribution in [2.24, 2.45) is 0 Å². The van der Waals surface area contributed by atoms with E-state index in [0.29, 0.717) is 6.54 Å². The molecule has 0 aliphatic heterocycles. The Morgan fingerprint density at radius 1 is 1.25 bits per heavy atom. The van der Waals surface area contributed by atoms with Crippen molar-refractivity contribution in [3.05, 3.63) is 11.9 Å². The molecule has 5 heteroatoms. The zero-order valence-corrected chi connectivity index (χ0v) is 13.4. The van der Waals surface area contributed by atoms with Gasteiger partial charge in [0.25, 0.3) is 0 Å². The average molecular weight is 280 g/mol. The molecule has 0 fully saturated rings. The molecular weight excluding hydrogens is 252 g/mol. The molecule has 0 saturated carbocycles. The van der Waals surface area contributed by atoms with Crippen molar-refractivity contribution in [1.29, 1.82) is 0 Å². The molecule has 0 aliphatic carbocycles. The van der Waals surface area contributed by atoms with Crippen LogP contribution in [-0.4, -0.2) is 40.8 Å². The van der Waals surface area contributed by atoms with Crippen LogP contribution in [0.3, 0.4) is 0 Å². The summed E-state index contributed by atoms with van der Waals surface area (Å²) < 4.78 is 0. The van der Waals surface area contributed by atoms with Gasteiger partial charge in [0.1, 0.15) is 18.0 Å². The largest absolute Gasteiger partial charge is 0.389 e. The molecule has 0 saturated heterocycles. The van der Waals surface area contributed by atoms with E-state index < -0.39 is 5.60 Å². The third kappa shape index (κ3) is 4.96. The molecule has 1 aromatic rings. The van der Waals surface area contributed by atoms with Gasteiger partial charge in [0.05, 0.1) is 5.60 Å². The van der Waals surface area contributed by atoms with Crippen molar-refractivity contribution in [3.63, 3.8) is 0 Å². The maximum absolute atomic E-state index is 9.98. The molecule has 0 aliphatic rings. The van der Waals surface area contributed by atoms with E-state index in [1.165, 1.54) is 0 Å². The van der Waals surface area contributed by atoms with Gasteiger partial charge in [-0.3, -0.25) is 0 Å². The number of aromatic nitrogens is 2. The summed E-state index contributed by atoms with van der Waals surface area (Å²) in [5.41, 5.74) is 0.385. The minimum absolute atomic E-state index is 0.536. The summed E-state index contributed by atoms with van der Waals surface area (Å²) in [6.07, 6.45) is 4.62. The number of anilines is 2. The van der Waals surface area contributed by atoms with Crippen molar-refractivity contribution >= 4 is 11.6 Å². The molecule has 0 atom stereocenters. The fourth-order valence-electron chi connectivity index (χ4n) is 2.26. The van der Waals surface area contributed by atoms with Gasteiger partial charge in [-0.15, -0.1) is 0 Å². The van der Waals surface area contributed by atoms with E-state index in [1.54, 1.807) is 20.2 Å². The van der Waals surface area contributed by atoms with Crippen LogP contribution in [0.2, 0.25) is 0 Å². The highest BCUT2D eigenvalue weighted by Crippen LogP contribution is 2.25. The molecule has 20 heavy (non-hydrogen) atoms. The first-order chi connectivity index (χ1) is 9.39. The van der Waals surface area contributed by atoms with Gasteiger partial charge in [-0.1, -0.05) is 20.3 Å². The Morgan fingerprint density at radius 3 is 2.50 bits per heavy atom. The third-order valence-corrected chi connectivity index (χ3v) is 2.95. The normalized spacial score (nSPS) is 11.5. The lowest BCUT2D eigenvalue weighted by molar-refractivity contribution is 0.0884. The summed E-state index contributed by atoms with van der Waals surface area (Å²) >= 11 is 0. The van der Waals surface area contributed by atoms with Crippen LogP contribution < -0.4 is 10.2 Å². The first-order valence-corrected chi connectivity index (χ1v) is 7.40. The van der Waals surface area contributed by atoms with E-state index in [2.05, 4.69) is 29.1 Å². The second-order valence-electron chi connectivity index (χ2n) is 5.87. The van der Waals surface area contributed by atoms with E-state index in [0.717, 1.165) is 43.0 Å². The number of nitrogens with zero attached hydrogens (tertiary/aromatic N) is 3. The van der Waals surface area contributed by atoms with Crippen molar-refractivity contribution in [2.75, 3.05) is 30.4 Å². The summed E-state index contributed by atoms with van der Waals surface area (Å²) in [5.74, 6) is 1.82. The average Bonchev–Trinajstić information content (AvgIpc) is 2.35. The zero-order valence-electron chi connectivity index (χ0n) is 13.4. The monoisotopic (exact) mass is 280 g/mol. The molecule has 0 unspecified atom stereocenters. The Balaban J connectivity index is 3.04. The number of hydrogen-bond acceptors (Lipinski definition) is 5. The quantitative estimate of drug-likeness (QED) is 0.766. The molecule has 0 radical (unpaired) electrons. The van der Waals surface area contributed by atoms with Crippen LogP contribution in [0.4, 0.5) is 11.6 Å². The standard InChI is InChI=1S/C15H28N4O/c1-6-8-12-13(16-9-7-2)17-11-18-14(12)19(5)10-15(3,4)20/h11,20H,6-10H2,1-5H3,(H,16,17,18). The second-order valence-corrected chi connectivity index (χ2v) is 5.87. The summed E-state index contributed by atoms with van der Waals surface area (Å²) in [7, 11) is 1.96. The summed E-state index contributed by atoms with van der Waals surface area (Å²) in [6.45, 7) is 9.34. The van der Waals surface area contributed by atoms with Gasteiger partial charge in [-0.05, 0) is 26.7 Å². The SMILES string of the molecule is CCCNc1ncnc(N(C)CC(C)(C)O)c1CCC. The highest BCUT2D eigenvalue weighted by Gasteiger charge is 2.20. The molecule has 2 N–H and O–H groups in total. The van der Waals surface area contributed by atoms with Crippen LogP contribution in [0.5, 0.6) is 0 Å². The molecule has 114 valence electrons. The van der Waals surface area contributed by atoms with Crippen LogP contribution in [0.25, 0.3) is 0 Å². The van der Waals surface area contributed by atoms with Gasteiger partial charge in [0, 0.05) is 25.7 Å². The molecule has 0 spiro atoms. The Labute approximate surface area is 122 Å². The van der Waals surface area contributed by atoms with E-state index in [4.69, 9.17) is 0 Å². The Kier molecular flexibility index (Phi) is 6.20. The molecule has 5 nitrogen and oxygen atoms in total. The van der Waals surface area contributed by atoms with Crippen LogP contribution in [0.15, 0.2) is 6.33 Å². The molecule has 1 heterocycles. The molecular formula is C15H28N4O.